The molecule has 21 heavy (non-hydrogen) atoms. The minimum atomic E-state index is -6.94. The van der Waals surface area contributed by atoms with Crippen molar-refractivity contribution < 1.29 is 44.3 Å². The predicted octanol–water partition coefficient (Wildman–Crippen LogP) is 4.63. The topological polar surface area (TPSA) is 9.23 Å². The van der Waals surface area contributed by atoms with Crippen molar-refractivity contribution in [3.8, 4) is 0 Å². The van der Waals surface area contributed by atoms with Crippen molar-refractivity contribution in [2.45, 2.75) is 30.7 Å². The van der Waals surface area contributed by atoms with Gasteiger partial charge in [-0.2, -0.15) is 39.5 Å². The molecule has 0 saturated carbocycles. The van der Waals surface area contributed by atoms with Crippen molar-refractivity contribution in [1.82, 2.24) is 0 Å². The van der Waals surface area contributed by atoms with E-state index in [1.807, 2.05) is 0 Å². The Hall–Kier alpha value is -1.45. The summed E-state index contributed by atoms with van der Waals surface area (Å²) in [5, 5.41) is 0. The van der Waals surface area contributed by atoms with Gasteiger partial charge in [-0.25, -0.2) is 0 Å². The van der Waals surface area contributed by atoms with Crippen molar-refractivity contribution in [1.29, 1.82) is 0 Å². The quantitative estimate of drug-likeness (QED) is 0.717. The van der Waals surface area contributed by atoms with Gasteiger partial charge in [0.15, 0.2) is 0 Å². The molecule has 0 unspecified atom stereocenters. The molecule has 0 saturated heterocycles. The molecule has 0 aliphatic heterocycles. The van der Waals surface area contributed by atoms with E-state index < -0.39 is 30.7 Å². The molecule has 0 fully saturated rings. The van der Waals surface area contributed by atoms with Crippen LogP contribution < -0.4 is 0 Å². The molecule has 0 heterocycles. The van der Waals surface area contributed by atoms with Crippen LogP contribution in [0.1, 0.15) is 5.56 Å². The predicted molar refractivity (Wildman–Crippen MR) is 52.1 cm³/mol. The summed E-state index contributed by atoms with van der Waals surface area (Å²) in [6.07, 6.45) is -12.9. The number of ether oxygens (including phenoxy) is 1. The number of hydrogen-bond acceptors (Lipinski definition) is 1. The molecule has 1 aromatic carbocycles. The van der Waals surface area contributed by atoms with Crippen molar-refractivity contribution in [3.63, 3.8) is 0 Å². The van der Waals surface area contributed by atoms with Crippen LogP contribution in [0.5, 0.6) is 0 Å². The molecule has 1 rings (SSSR count). The van der Waals surface area contributed by atoms with E-state index in [9.17, 15) is 39.5 Å². The molecule has 0 N–H and O–H groups in total. The monoisotopic (exact) mass is 326 g/mol. The summed E-state index contributed by atoms with van der Waals surface area (Å²) in [7, 11) is 0. The smallest absolute Gasteiger partial charge is 0.311 e. The number of alkyl halides is 9. The Labute approximate surface area is 112 Å². The van der Waals surface area contributed by atoms with E-state index in [1.54, 1.807) is 0 Å². The highest BCUT2D eigenvalue weighted by molar-refractivity contribution is 5.13. The van der Waals surface area contributed by atoms with Crippen molar-refractivity contribution in [2.75, 3.05) is 0 Å². The minimum Gasteiger partial charge on any atom is -0.311 e. The maximum Gasteiger partial charge on any atom is 0.460 e. The highest BCUT2D eigenvalue weighted by Crippen LogP contribution is 2.53. The maximum atomic E-state index is 13.0. The second-order valence-electron chi connectivity index (χ2n) is 3.94. The standard InChI is InChI=1S/C11H7F9O/c12-8(13,10(16,17)18)9(14,15)11(19,20)21-6-7-4-2-1-3-5-7/h1-5H,6H2. The van der Waals surface area contributed by atoms with Crippen LogP contribution in [-0.2, 0) is 11.3 Å². The summed E-state index contributed by atoms with van der Waals surface area (Å²) < 4.78 is 115. The van der Waals surface area contributed by atoms with Gasteiger partial charge in [-0.1, -0.05) is 30.3 Å². The van der Waals surface area contributed by atoms with Crippen molar-refractivity contribution in [3.05, 3.63) is 35.9 Å². The number of benzene rings is 1. The molecule has 1 aromatic rings. The van der Waals surface area contributed by atoms with E-state index in [1.165, 1.54) is 18.2 Å². The third-order valence-electron chi connectivity index (χ3n) is 2.38. The lowest BCUT2D eigenvalue weighted by molar-refractivity contribution is -0.446. The first kappa shape index (κ1) is 17.6. The van der Waals surface area contributed by atoms with Gasteiger partial charge in [0.2, 0.25) is 0 Å². The van der Waals surface area contributed by atoms with E-state index in [0.717, 1.165) is 12.1 Å². The molecule has 1 nitrogen and oxygen atoms in total. The summed E-state index contributed by atoms with van der Waals surface area (Å²) in [5.41, 5.74) is -0.108. The summed E-state index contributed by atoms with van der Waals surface area (Å²) >= 11 is 0. The highest BCUT2D eigenvalue weighted by atomic mass is 19.4. The fraction of sp³-hybridized carbons (Fsp3) is 0.455. The van der Waals surface area contributed by atoms with E-state index in [-0.39, 0.29) is 5.56 Å². The number of halogens is 9. The average Bonchev–Trinajstić information content (AvgIpc) is 2.36. The van der Waals surface area contributed by atoms with Crippen LogP contribution in [0.15, 0.2) is 30.3 Å². The summed E-state index contributed by atoms with van der Waals surface area (Å²) in [4.78, 5) is 0. The minimum absolute atomic E-state index is 0.108. The zero-order valence-electron chi connectivity index (χ0n) is 9.90. The average molecular weight is 326 g/mol. The van der Waals surface area contributed by atoms with Gasteiger partial charge in [-0.15, -0.1) is 0 Å². The Morgan fingerprint density at radius 2 is 1.19 bits per heavy atom. The summed E-state index contributed by atoms with van der Waals surface area (Å²) in [5.74, 6) is -13.7. The molecule has 0 atom stereocenters. The highest BCUT2D eigenvalue weighted by Gasteiger charge is 2.82. The van der Waals surface area contributed by atoms with E-state index >= 15 is 0 Å². The molecule has 0 amide bonds. The zero-order chi connectivity index (χ0) is 16.5. The normalized spacial score (nSPS) is 14.3. The molecule has 0 spiro atoms. The Bertz CT molecular complexity index is 466. The van der Waals surface area contributed by atoms with Gasteiger partial charge in [0.25, 0.3) is 0 Å². The Morgan fingerprint density at radius 3 is 1.62 bits per heavy atom. The van der Waals surface area contributed by atoms with Gasteiger partial charge in [0.1, 0.15) is 0 Å². The Balaban J connectivity index is 2.94. The van der Waals surface area contributed by atoms with Crippen LogP contribution in [0, 0.1) is 0 Å². The fourth-order valence-electron chi connectivity index (χ4n) is 1.20. The maximum absolute atomic E-state index is 13.0. The summed E-state index contributed by atoms with van der Waals surface area (Å²) in [6, 6.07) is 6.32. The third-order valence-corrected chi connectivity index (χ3v) is 2.38. The second kappa shape index (κ2) is 5.39. The molecular formula is C11H7F9O. The van der Waals surface area contributed by atoms with Gasteiger partial charge in [-0.3, -0.25) is 0 Å². The van der Waals surface area contributed by atoms with Gasteiger partial charge in [0.05, 0.1) is 6.61 Å². The Morgan fingerprint density at radius 1 is 0.714 bits per heavy atom. The fourth-order valence-corrected chi connectivity index (χ4v) is 1.20. The lowest BCUT2D eigenvalue weighted by Gasteiger charge is -2.33. The van der Waals surface area contributed by atoms with Crippen molar-refractivity contribution >= 4 is 0 Å². The van der Waals surface area contributed by atoms with Crippen LogP contribution in [0.25, 0.3) is 0 Å². The van der Waals surface area contributed by atoms with Crippen LogP contribution >= 0.6 is 0 Å². The number of rotatable bonds is 5. The molecule has 0 aliphatic rings. The Kier molecular flexibility index (Phi) is 4.52. The zero-order valence-corrected chi connectivity index (χ0v) is 9.90. The molecule has 10 heteroatoms. The van der Waals surface area contributed by atoms with Gasteiger partial charge in [-0.05, 0) is 5.56 Å². The lowest BCUT2D eigenvalue weighted by atomic mass is 10.1. The molecule has 0 bridgehead atoms. The van der Waals surface area contributed by atoms with E-state index in [0.29, 0.717) is 0 Å². The second-order valence-corrected chi connectivity index (χ2v) is 3.94. The molecule has 0 aromatic heterocycles. The van der Waals surface area contributed by atoms with Crippen LogP contribution in [0.3, 0.4) is 0 Å². The first-order valence-electron chi connectivity index (χ1n) is 5.21. The summed E-state index contributed by atoms with van der Waals surface area (Å²) in [6.45, 7) is -1.27. The van der Waals surface area contributed by atoms with Crippen LogP contribution in [-0.4, -0.2) is 24.1 Å². The van der Waals surface area contributed by atoms with Gasteiger partial charge < -0.3 is 4.74 Å². The van der Waals surface area contributed by atoms with E-state index in [2.05, 4.69) is 4.74 Å². The lowest BCUT2D eigenvalue weighted by Crippen LogP contribution is -2.61. The SMILES string of the molecule is FC(F)(F)C(F)(F)C(F)(F)C(F)(F)OCc1ccccc1. The van der Waals surface area contributed by atoms with Crippen molar-refractivity contribution in [2.24, 2.45) is 0 Å². The first-order chi connectivity index (χ1) is 9.33. The molecule has 120 valence electrons. The van der Waals surface area contributed by atoms with Gasteiger partial charge in [0, 0.05) is 0 Å². The molecule has 0 aliphatic carbocycles. The van der Waals surface area contributed by atoms with Gasteiger partial charge >= 0.3 is 24.1 Å². The largest absolute Gasteiger partial charge is 0.460 e. The van der Waals surface area contributed by atoms with E-state index in [4.69, 9.17) is 0 Å². The molecular weight excluding hydrogens is 319 g/mol. The third kappa shape index (κ3) is 3.25. The van der Waals surface area contributed by atoms with Crippen LogP contribution in [0.2, 0.25) is 0 Å². The first-order valence-corrected chi connectivity index (χ1v) is 5.21. The number of hydrogen-bond donors (Lipinski definition) is 0. The molecule has 0 radical (unpaired) electrons. The van der Waals surface area contributed by atoms with Crippen LogP contribution in [0.4, 0.5) is 39.5 Å².